The Kier molecular flexibility index (Phi) is 8.66. The number of carbonyl (C=O) groups excluding carboxylic acids is 2. The predicted octanol–water partition coefficient (Wildman–Crippen LogP) is 6.06. The van der Waals surface area contributed by atoms with E-state index in [-0.39, 0.29) is 17.6 Å². The quantitative estimate of drug-likeness (QED) is 0.280. The van der Waals surface area contributed by atoms with Gasteiger partial charge in [-0.05, 0) is 79.6 Å². The number of hydrogen-bond acceptors (Lipinski definition) is 4. The molecule has 2 aliphatic heterocycles. The minimum absolute atomic E-state index is 0.0807. The minimum atomic E-state index is -0.195. The summed E-state index contributed by atoms with van der Waals surface area (Å²) in [6.07, 6.45) is 3.98. The normalized spacial score (nSPS) is 20.2. The molecule has 1 fully saturated rings. The Morgan fingerprint density at radius 1 is 1.00 bits per heavy atom. The number of anilines is 1. The van der Waals surface area contributed by atoms with Crippen LogP contribution >= 0.6 is 0 Å². The number of likely N-dealkylation sites (tertiary alicyclic amines) is 1. The van der Waals surface area contributed by atoms with Crippen molar-refractivity contribution in [3.05, 3.63) is 101 Å². The fourth-order valence-corrected chi connectivity index (χ4v) is 5.88. The Balaban J connectivity index is 1.21. The zero-order valence-corrected chi connectivity index (χ0v) is 23.7. The van der Waals surface area contributed by atoms with E-state index in [2.05, 4.69) is 30.1 Å². The van der Waals surface area contributed by atoms with Gasteiger partial charge in [-0.2, -0.15) is 0 Å². The van der Waals surface area contributed by atoms with Gasteiger partial charge in [0, 0.05) is 25.2 Å². The highest BCUT2D eigenvalue weighted by Gasteiger charge is 2.30. The number of aryl methyl sites for hydroxylation is 1. The van der Waals surface area contributed by atoms with Crippen LogP contribution in [-0.2, 0) is 11.3 Å². The van der Waals surface area contributed by atoms with Crippen molar-refractivity contribution in [3.63, 3.8) is 0 Å². The first-order valence-electron chi connectivity index (χ1n) is 14.3. The number of rotatable bonds is 8. The molecule has 1 N–H and O–H groups in total. The number of amides is 2. The lowest BCUT2D eigenvalue weighted by Gasteiger charge is -2.34. The Labute approximate surface area is 237 Å². The summed E-state index contributed by atoms with van der Waals surface area (Å²) in [6.45, 7) is 11.1. The maximum atomic E-state index is 13.5. The molecule has 0 radical (unpaired) electrons. The second-order valence-corrected chi connectivity index (χ2v) is 11.4. The van der Waals surface area contributed by atoms with Gasteiger partial charge in [0.2, 0.25) is 0 Å². The number of ether oxygens (including phenoxy) is 1. The van der Waals surface area contributed by atoms with E-state index in [0.29, 0.717) is 24.4 Å². The highest BCUT2D eigenvalue weighted by molar-refractivity contribution is 6.09. The SMILES string of the molecule is Cc1cccc(CN2C(=O)/C(=C\c3ccc(C(=O)NCCCN4C[C@H](C)C[C@@H](C)C4)cc3)Oc3ccccc32)c1. The standard InChI is InChI=1S/C34H39N3O3/c1-24-8-6-9-28(19-24)23-37-30-10-4-5-11-31(30)40-32(34(37)39)20-27-12-14-29(15-13-27)33(38)35-16-7-17-36-21-25(2)18-26(3)22-36/h4-6,8-15,19-20,25-26H,7,16-18,21-23H2,1-3H3,(H,35,38)/b32-20+/t25-,26-/m1/s1. The summed E-state index contributed by atoms with van der Waals surface area (Å²) in [5.41, 5.74) is 4.35. The first kappa shape index (κ1) is 27.7. The Bertz CT molecular complexity index is 1370. The summed E-state index contributed by atoms with van der Waals surface area (Å²) in [5, 5.41) is 3.05. The number of piperidine rings is 1. The van der Waals surface area contributed by atoms with Gasteiger partial charge in [0.25, 0.3) is 11.8 Å². The van der Waals surface area contributed by atoms with Crippen LogP contribution in [-0.4, -0.2) is 42.9 Å². The molecule has 2 amide bonds. The number of para-hydroxylation sites is 2. The molecule has 0 unspecified atom stereocenters. The van der Waals surface area contributed by atoms with Crippen LogP contribution in [0.4, 0.5) is 5.69 Å². The number of nitrogens with zero attached hydrogens (tertiary/aromatic N) is 2. The molecular formula is C34H39N3O3. The molecule has 2 aliphatic rings. The van der Waals surface area contributed by atoms with Crippen LogP contribution in [0.15, 0.2) is 78.6 Å². The Morgan fingerprint density at radius 2 is 1.75 bits per heavy atom. The second-order valence-electron chi connectivity index (χ2n) is 11.4. The summed E-state index contributed by atoms with van der Waals surface area (Å²) in [5.74, 6) is 2.11. The molecule has 6 heteroatoms. The number of fused-ring (bicyclic) bond motifs is 1. The van der Waals surface area contributed by atoms with Crippen LogP contribution in [0.5, 0.6) is 5.75 Å². The smallest absolute Gasteiger partial charge is 0.294 e. The van der Waals surface area contributed by atoms with Gasteiger partial charge in [-0.25, -0.2) is 0 Å². The van der Waals surface area contributed by atoms with Crippen LogP contribution < -0.4 is 15.0 Å². The summed E-state index contributed by atoms with van der Waals surface area (Å²) in [6, 6.07) is 23.0. The zero-order valence-electron chi connectivity index (χ0n) is 23.7. The van der Waals surface area contributed by atoms with Gasteiger partial charge in [-0.1, -0.05) is 67.9 Å². The molecule has 208 valence electrons. The lowest BCUT2D eigenvalue weighted by atomic mass is 9.92. The maximum Gasteiger partial charge on any atom is 0.294 e. The van der Waals surface area contributed by atoms with Crippen LogP contribution in [0.2, 0.25) is 0 Å². The average Bonchev–Trinajstić information content (AvgIpc) is 2.93. The van der Waals surface area contributed by atoms with E-state index in [1.807, 2.05) is 61.5 Å². The first-order valence-corrected chi connectivity index (χ1v) is 14.3. The molecule has 2 atom stereocenters. The van der Waals surface area contributed by atoms with E-state index in [9.17, 15) is 9.59 Å². The van der Waals surface area contributed by atoms with Gasteiger partial charge in [0.1, 0.15) is 0 Å². The largest absolute Gasteiger partial charge is 0.449 e. The third-order valence-electron chi connectivity index (χ3n) is 7.61. The van der Waals surface area contributed by atoms with Gasteiger partial charge in [-0.15, -0.1) is 0 Å². The third-order valence-corrected chi connectivity index (χ3v) is 7.61. The monoisotopic (exact) mass is 537 g/mol. The maximum absolute atomic E-state index is 13.5. The van der Waals surface area contributed by atoms with Crippen molar-refractivity contribution in [2.75, 3.05) is 31.1 Å². The molecule has 0 saturated carbocycles. The number of hydrogen-bond donors (Lipinski definition) is 1. The molecule has 2 heterocycles. The van der Waals surface area contributed by atoms with Gasteiger partial charge >= 0.3 is 0 Å². The molecule has 5 rings (SSSR count). The van der Waals surface area contributed by atoms with Crippen LogP contribution in [0.3, 0.4) is 0 Å². The van der Waals surface area contributed by atoms with Crippen molar-refractivity contribution in [1.29, 1.82) is 0 Å². The van der Waals surface area contributed by atoms with E-state index in [1.54, 1.807) is 23.1 Å². The van der Waals surface area contributed by atoms with Gasteiger partial charge in [0.05, 0.1) is 12.2 Å². The fourth-order valence-electron chi connectivity index (χ4n) is 5.88. The molecule has 6 nitrogen and oxygen atoms in total. The molecule has 0 bridgehead atoms. The summed E-state index contributed by atoms with van der Waals surface area (Å²) < 4.78 is 6.03. The highest BCUT2D eigenvalue weighted by Crippen LogP contribution is 2.36. The van der Waals surface area contributed by atoms with Crippen LogP contribution in [0.1, 0.15) is 53.7 Å². The molecule has 0 aromatic heterocycles. The van der Waals surface area contributed by atoms with Gasteiger partial charge < -0.3 is 15.0 Å². The summed E-state index contributed by atoms with van der Waals surface area (Å²) in [4.78, 5) is 30.5. The lowest BCUT2D eigenvalue weighted by molar-refractivity contribution is -0.117. The van der Waals surface area contributed by atoms with Crippen molar-refractivity contribution in [2.45, 2.75) is 40.2 Å². The molecule has 0 aliphatic carbocycles. The molecule has 0 spiro atoms. The first-order chi connectivity index (χ1) is 19.4. The van der Waals surface area contributed by atoms with E-state index in [0.717, 1.165) is 60.3 Å². The van der Waals surface area contributed by atoms with E-state index in [1.165, 1.54) is 6.42 Å². The third kappa shape index (κ3) is 6.80. The van der Waals surface area contributed by atoms with Crippen molar-refractivity contribution >= 4 is 23.6 Å². The van der Waals surface area contributed by atoms with E-state index >= 15 is 0 Å². The molecular weight excluding hydrogens is 498 g/mol. The Hall–Kier alpha value is -3.90. The van der Waals surface area contributed by atoms with Crippen molar-refractivity contribution in [2.24, 2.45) is 11.8 Å². The second kappa shape index (κ2) is 12.5. The fraction of sp³-hybridized carbons (Fsp3) is 0.353. The number of carbonyl (C=O) groups is 2. The van der Waals surface area contributed by atoms with E-state index < -0.39 is 0 Å². The van der Waals surface area contributed by atoms with Crippen LogP contribution in [0, 0.1) is 18.8 Å². The van der Waals surface area contributed by atoms with Crippen LogP contribution in [0.25, 0.3) is 6.08 Å². The number of nitrogens with one attached hydrogen (secondary N) is 1. The van der Waals surface area contributed by atoms with Crippen molar-refractivity contribution in [1.82, 2.24) is 10.2 Å². The topological polar surface area (TPSA) is 61.9 Å². The summed E-state index contributed by atoms with van der Waals surface area (Å²) in [7, 11) is 0. The van der Waals surface area contributed by atoms with Crippen molar-refractivity contribution in [3.8, 4) is 5.75 Å². The predicted molar refractivity (Wildman–Crippen MR) is 160 cm³/mol. The number of benzene rings is 3. The zero-order chi connectivity index (χ0) is 28.1. The minimum Gasteiger partial charge on any atom is -0.449 e. The summed E-state index contributed by atoms with van der Waals surface area (Å²) >= 11 is 0. The van der Waals surface area contributed by atoms with E-state index in [4.69, 9.17) is 4.74 Å². The molecule has 3 aromatic carbocycles. The Morgan fingerprint density at radius 3 is 2.50 bits per heavy atom. The van der Waals surface area contributed by atoms with Crippen molar-refractivity contribution < 1.29 is 14.3 Å². The molecule has 3 aromatic rings. The lowest BCUT2D eigenvalue weighted by Crippen LogP contribution is -2.40. The molecule has 1 saturated heterocycles. The van der Waals surface area contributed by atoms with Gasteiger partial charge in [-0.3, -0.25) is 14.5 Å². The molecule has 40 heavy (non-hydrogen) atoms. The van der Waals surface area contributed by atoms with Gasteiger partial charge in [0.15, 0.2) is 11.5 Å². The highest BCUT2D eigenvalue weighted by atomic mass is 16.5. The average molecular weight is 538 g/mol.